The monoisotopic (exact) mass is 303 g/mol. The van der Waals surface area contributed by atoms with E-state index in [1.807, 2.05) is 19.9 Å². The first-order chi connectivity index (χ1) is 9.86. The maximum Gasteiger partial charge on any atom is 0.337 e. The maximum absolute atomic E-state index is 12.2. The first kappa shape index (κ1) is 15.1. The Morgan fingerprint density at radius 1 is 1.05 bits per heavy atom. The van der Waals surface area contributed by atoms with E-state index in [0.29, 0.717) is 11.3 Å². The zero-order valence-corrected chi connectivity index (χ0v) is 12.4. The lowest BCUT2D eigenvalue weighted by Crippen LogP contribution is -2.12. The summed E-state index contributed by atoms with van der Waals surface area (Å²) in [6.07, 6.45) is 0. The number of carbonyl (C=O) groups is 2. The van der Waals surface area contributed by atoms with E-state index in [2.05, 4.69) is 5.32 Å². The molecule has 2 aromatic rings. The Morgan fingerprint density at radius 3 is 2.19 bits per heavy atom. The number of aromatic carboxylic acids is 1. The minimum Gasteiger partial charge on any atom is -0.478 e. The summed E-state index contributed by atoms with van der Waals surface area (Å²) in [5.74, 6) is -1.37. The number of benzene rings is 2. The van der Waals surface area contributed by atoms with Gasteiger partial charge in [0.2, 0.25) is 0 Å². The smallest absolute Gasteiger partial charge is 0.337 e. The van der Waals surface area contributed by atoms with Gasteiger partial charge in [0.25, 0.3) is 5.91 Å². The molecule has 2 rings (SSSR count). The van der Waals surface area contributed by atoms with Crippen molar-refractivity contribution in [2.24, 2.45) is 0 Å². The zero-order valence-electron chi connectivity index (χ0n) is 11.6. The molecule has 0 spiro atoms. The standard InChI is InChI=1S/C16H14ClNO3/c1-9-5-10(2)7-11(6-9)15(19)18-12-3-4-13(16(20)21)14(17)8-12/h3-8H,1-2H3,(H,18,19)(H,20,21). The van der Waals surface area contributed by atoms with Crippen LogP contribution < -0.4 is 5.32 Å². The van der Waals surface area contributed by atoms with Gasteiger partial charge in [-0.1, -0.05) is 28.8 Å². The molecule has 0 aliphatic rings. The van der Waals surface area contributed by atoms with E-state index >= 15 is 0 Å². The van der Waals surface area contributed by atoms with Crippen molar-refractivity contribution >= 4 is 29.2 Å². The Labute approximate surface area is 127 Å². The van der Waals surface area contributed by atoms with Crippen LogP contribution >= 0.6 is 11.6 Å². The summed E-state index contributed by atoms with van der Waals surface area (Å²) in [5.41, 5.74) is 3.00. The maximum atomic E-state index is 12.2. The quantitative estimate of drug-likeness (QED) is 0.903. The summed E-state index contributed by atoms with van der Waals surface area (Å²) < 4.78 is 0. The Hall–Kier alpha value is -2.33. The summed E-state index contributed by atoms with van der Waals surface area (Å²) in [6.45, 7) is 3.84. The van der Waals surface area contributed by atoms with E-state index < -0.39 is 5.97 Å². The second-order valence-corrected chi connectivity index (χ2v) is 5.24. The van der Waals surface area contributed by atoms with Gasteiger partial charge in [-0.3, -0.25) is 4.79 Å². The van der Waals surface area contributed by atoms with Crippen LogP contribution in [0, 0.1) is 13.8 Å². The molecule has 5 heteroatoms. The predicted octanol–water partition coefficient (Wildman–Crippen LogP) is 3.91. The fourth-order valence-corrected chi connectivity index (χ4v) is 2.34. The minimum atomic E-state index is -1.10. The van der Waals surface area contributed by atoms with Crippen LogP contribution in [0.25, 0.3) is 0 Å². The molecular formula is C16H14ClNO3. The molecule has 0 fully saturated rings. The van der Waals surface area contributed by atoms with Gasteiger partial charge in [-0.2, -0.15) is 0 Å². The number of amides is 1. The Morgan fingerprint density at radius 2 is 1.67 bits per heavy atom. The van der Waals surface area contributed by atoms with Gasteiger partial charge in [0.05, 0.1) is 10.6 Å². The number of rotatable bonds is 3. The van der Waals surface area contributed by atoms with Crippen molar-refractivity contribution in [1.29, 1.82) is 0 Å². The lowest BCUT2D eigenvalue weighted by molar-refractivity contribution is 0.0697. The molecule has 0 heterocycles. The van der Waals surface area contributed by atoms with Crippen molar-refractivity contribution in [1.82, 2.24) is 0 Å². The lowest BCUT2D eigenvalue weighted by atomic mass is 10.1. The highest BCUT2D eigenvalue weighted by molar-refractivity contribution is 6.33. The van der Waals surface area contributed by atoms with Crippen LogP contribution in [0.1, 0.15) is 31.8 Å². The lowest BCUT2D eigenvalue weighted by Gasteiger charge is -2.08. The van der Waals surface area contributed by atoms with Gasteiger partial charge in [0, 0.05) is 11.3 Å². The number of hydrogen-bond acceptors (Lipinski definition) is 2. The number of halogens is 1. The molecule has 1 amide bonds. The largest absolute Gasteiger partial charge is 0.478 e. The Balaban J connectivity index is 2.23. The number of carbonyl (C=O) groups excluding carboxylic acids is 1. The molecule has 0 saturated heterocycles. The number of carboxylic acid groups (broad SMARTS) is 1. The van der Waals surface area contributed by atoms with Gasteiger partial charge in [0.1, 0.15) is 0 Å². The third kappa shape index (κ3) is 3.61. The van der Waals surface area contributed by atoms with Crippen LogP contribution in [0.2, 0.25) is 5.02 Å². The van der Waals surface area contributed by atoms with Gasteiger partial charge >= 0.3 is 5.97 Å². The summed E-state index contributed by atoms with van der Waals surface area (Å²) in [5, 5.41) is 11.7. The fraction of sp³-hybridized carbons (Fsp3) is 0.125. The van der Waals surface area contributed by atoms with Gasteiger partial charge in [0.15, 0.2) is 0 Å². The summed E-state index contributed by atoms with van der Waals surface area (Å²) in [6, 6.07) is 9.85. The third-order valence-electron chi connectivity index (χ3n) is 2.94. The van der Waals surface area contributed by atoms with Crippen molar-refractivity contribution in [3.8, 4) is 0 Å². The van der Waals surface area contributed by atoms with Crippen LogP contribution in [0.4, 0.5) is 5.69 Å². The average molecular weight is 304 g/mol. The molecule has 108 valence electrons. The molecule has 2 N–H and O–H groups in total. The molecule has 0 radical (unpaired) electrons. The number of aryl methyl sites for hydroxylation is 2. The molecule has 0 aliphatic heterocycles. The molecule has 21 heavy (non-hydrogen) atoms. The second kappa shape index (κ2) is 5.97. The highest BCUT2D eigenvalue weighted by atomic mass is 35.5. The highest BCUT2D eigenvalue weighted by Crippen LogP contribution is 2.21. The van der Waals surface area contributed by atoms with Crippen LogP contribution in [0.3, 0.4) is 0 Å². The molecular weight excluding hydrogens is 290 g/mol. The average Bonchev–Trinajstić information content (AvgIpc) is 2.37. The predicted molar refractivity (Wildman–Crippen MR) is 82.3 cm³/mol. The number of nitrogens with one attached hydrogen (secondary N) is 1. The van der Waals surface area contributed by atoms with E-state index in [1.54, 1.807) is 12.1 Å². The van der Waals surface area contributed by atoms with Crippen LogP contribution in [0.5, 0.6) is 0 Å². The number of anilines is 1. The number of carboxylic acids is 1. The molecule has 0 unspecified atom stereocenters. The SMILES string of the molecule is Cc1cc(C)cc(C(=O)Nc2ccc(C(=O)O)c(Cl)c2)c1. The second-order valence-electron chi connectivity index (χ2n) is 4.83. The van der Waals surface area contributed by atoms with Crippen molar-refractivity contribution in [2.75, 3.05) is 5.32 Å². The van der Waals surface area contributed by atoms with E-state index in [0.717, 1.165) is 11.1 Å². The van der Waals surface area contributed by atoms with Crippen LogP contribution in [-0.4, -0.2) is 17.0 Å². The van der Waals surface area contributed by atoms with Crippen molar-refractivity contribution in [3.63, 3.8) is 0 Å². The van der Waals surface area contributed by atoms with E-state index in [-0.39, 0.29) is 16.5 Å². The summed E-state index contributed by atoms with van der Waals surface area (Å²) in [7, 11) is 0. The van der Waals surface area contributed by atoms with E-state index in [1.165, 1.54) is 18.2 Å². The molecule has 0 aromatic heterocycles. The molecule has 2 aromatic carbocycles. The van der Waals surface area contributed by atoms with Gasteiger partial charge in [-0.15, -0.1) is 0 Å². The Bertz CT molecular complexity index is 705. The van der Waals surface area contributed by atoms with Crippen LogP contribution in [0.15, 0.2) is 36.4 Å². The zero-order chi connectivity index (χ0) is 15.6. The van der Waals surface area contributed by atoms with Gasteiger partial charge in [-0.25, -0.2) is 4.79 Å². The molecule has 0 aliphatic carbocycles. The molecule has 0 saturated carbocycles. The minimum absolute atomic E-state index is 0.000987. The topological polar surface area (TPSA) is 66.4 Å². The van der Waals surface area contributed by atoms with Crippen molar-refractivity contribution in [2.45, 2.75) is 13.8 Å². The fourth-order valence-electron chi connectivity index (χ4n) is 2.08. The summed E-state index contributed by atoms with van der Waals surface area (Å²) >= 11 is 5.87. The normalized spacial score (nSPS) is 10.2. The van der Waals surface area contributed by atoms with Gasteiger partial charge in [-0.05, 0) is 44.2 Å². The van der Waals surface area contributed by atoms with E-state index in [9.17, 15) is 9.59 Å². The summed E-state index contributed by atoms with van der Waals surface area (Å²) in [4.78, 5) is 23.1. The highest BCUT2D eigenvalue weighted by Gasteiger charge is 2.11. The Kier molecular flexibility index (Phi) is 4.29. The van der Waals surface area contributed by atoms with Crippen molar-refractivity contribution < 1.29 is 14.7 Å². The molecule has 4 nitrogen and oxygen atoms in total. The van der Waals surface area contributed by atoms with Gasteiger partial charge < -0.3 is 10.4 Å². The molecule has 0 atom stereocenters. The van der Waals surface area contributed by atoms with Crippen molar-refractivity contribution in [3.05, 3.63) is 63.7 Å². The third-order valence-corrected chi connectivity index (χ3v) is 3.25. The van der Waals surface area contributed by atoms with E-state index in [4.69, 9.17) is 16.7 Å². The van der Waals surface area contributed by atoms with Crippen LogP contribution in [-0.2, 0) is 0 Å². The first-order valence-electron chi connectivity index (χ1n) is 6.29. The molecule has 0 bridgehead atoms. The number of hydrogen-bond donors (Lipinski definition) is 2. The first-order valence-corrected chi connectivity index (χ1v) is 6.67.